The van der Waals surface area contributed by atoms with Crippen molar-refractivity contribution in [1.29, 1.82) is 0 Å². The molecule has 0 saturated heterocycles. The Balaban J connectivity index is 2.82. The molecule has 1 unspecified atom stereocenters. The summed E-state index contributed by atoms with van der Waals surface area (Å²) in [4.78, 5) is 0. The fourth-order valence-corrected chi connectivity index (χ4v) is 3.17. The Morgan fingerprint density at radius 1 is 1.16 bits per heavy atom. The van der Waals surface area contributed by atoms with Crippen molar-refractivity contribution in [3.8, 4) is 11.8 Å². The van der Waals surface area contributed by atoms with Crippen molar-refractivity contribution in [2.24, 2.45) is 0 Å². The van der Waals surface area contributed by atoms with Crippen molar-refractivity contribution >= 4 is 0 Å². The minimum absolute atomic E-state index is 0.0181. The molecule has 0 aromatic carbocycles. The van der Waals surface area contributed by atoms with Gasteiger partial charge >= 0.3 is 0 Å². The molecule has 1 saturated carbocycles. The van der Waals surface area contributed by atoms with E-state index < -0.39 is 0 Å². The summed E-state index contributed by atoms with van der Waals surface area (Å²) in [5.41, 5.74) is 0.0181. The molecule has 1 N–H and O–H groups in total. The molecule has 2 heteroatoms. The third-order valence-corrected chi connectivity index (χ3v) is 4.14. The normalized spacial score (nSPS) is 20.2. The van der Waals surface area contributed by atoms with Gasteiger partial charge in [-0.1, -0.05) is 32.6 Å². The van der Waals surface area contributed by atoms with Crippen molar-refractivity contribution in [3.63, 3.8) is 0 Å². The van der Waals surface area contributed by atoms with E-state index in [9.17, 15) is 0 Å². The van der Waals surface area contributed by atoms with E-state index in [1.807, 2.05) is 6.92 Å². The Morgan fingerprint density at radius 2 is 1.84 bits per heavy atom. The molecular weight excluding hydrogens is 234 g/mol. The monoisotopic (exact) mass is 265 g/mol. The number of rotatable bonds is 7. The van der Waals surface area contributed by atoms with E-state index >= 15 is 0 Å². The van der Waals surface area contributed by atoms with E-state index in [0.717, 1.165) is 26.0 Å². The van der Waals surface area contributed by atoms with Gasteiger partial charge in [0.05, 0.1) is 5.60 Å². The van der Waals surface area contributed by atoms with Gasteiger partial charge in [-0.15, -0.1) is 11.8 Å². The van der Waals surface area contributed by atoms with Gasteiger partial charge < -0.3 is 10.1 Å². The smallest absolute Gasteiger partial charge is 0.0843 e. The van der Waals surface area contributed by atoms with Crippen LogP contribution in [0.15, 0.2) is 0 Å². The molecule has 0 aromatic rings. The third kappa shape index (κ3) is 5.16. The zero-order valence-electron chi connectivity index (χ0n) is 13.1. The van der Waals surface area contributed by atoms with Crippen LogP contribution in [0.5, 0.6) is 0 Å². The van der Waals surface area contributed by atoms with Crippen LogP contribution in [-0.2, 0) is 4.74 Å². The summed E-state index contributed by atoms with van der Waals surface area (Å²) in [6.07, 6.45) is 9.76. The summed E-state index contributed by atoms with van der Waals surface area (Å²) in [7, 11) is 0. The highest BCUT2D eigenvalue weighted by atomic mass is 16.5. The predicted molar refractivity (Wildman–Crippen MR) is 82.2 cm³/mol. The average Bonchev–Trinajstić information content (AvgIpc) is 2.66. The van der Waals surface area contributed by atoms with Gasteiger partial charge in [0.1, 0.15) is 0 Å². The zero-order valence-corrected chi connectivity index (χ0v) is 13.1. The molecule has 0 heterocycles. The van der Waals surface area contributed by atoms with Crippen LogP contribution in [0.4, 0.5) is 0 Å². The lowest BCUT2D eigenvalue weighted by atomic mass is 9.84. The maximum Gasteiger partial charge on any atom is 0.0843 e. The van der Waals surface area contributed by atoms with Gasteiger partial charge in [0.2, 0.25) is 0 Å². The second-order valence-electron chi connectivity index (χ2n) is 5.55. The largest absolute Gasteiger partial charge is 0.374 e. The van der Waals surface area contributed by atoms with Crippen LogP contribution in [0.25, 0.3) is 0 Å². The minimum atomic E-state index is 0.0181. The lowest BCUT2D eigenvalue weighted by molar-refractivity contribution is -0.0756. The molecule has 0 radical (unpaired) electrons. The van der Waals surface area contributed by atoms with Gasteiger partial charge in [0, 0.05) is 19.1 Å². The standard InChI is InChI=1S/C17H31NO/c1-4-7-12-16(18-15-5-2)17(19-6-3)13-10-8-9-11-14-17/h16,18H,5-6,8-15H2,1-3H3. The van der Waals surface area contributed by atoms with Crippen LogP contribution in [0.2, 0.25) is 0 Å². The van der Waals surface area contributed by atoms with Crippen LogP contribution < -0.4 is 5.32 Å². The van der Waals surface area contributed by atoms with E-state index in [1.165, 1.54) is 38.5 Å². The van der Waals surface area contributed by atoms with Crippen molar-refractivity contribution in [2.75, 3.05) is 13.2 Å². The summed E-state index contributed by atoms with van der Waals surface area (Å²) in [5.74, 6) is 6.31. The second kappa shape index (κ2) is 9.39. The average molecular weight is 265 g/mol. The van der Waals surface area contributed by atoms with E-state index in [2.05, 4.69) is 31.0 Å². The number of hydrogen-bond acceptors (Lipinski definition) is 2. The molecule has 19 heavy (non-hydrogen) atoms. The molecule has 0 aliphatic heterocycles. The Hall–Kier alpha value is -0.520. The topological polar surface area (TPSA) is 21.3 Å². The number of ether oxygens (including phenoxy) is 1. The van der Waals surface area contributed by atoms with E-state index in [0.29, 0.717) is 6.04 Å². The summed E-state index contributed by atoms with van der Waals surface area (Å²) >= 11 is 0. The van der Waals surface area contributed by atoms with Gasteiger partial charge in [-0.25, -0.2) is 0 Å². The van der Waals surface area contributed by atoms with Crippen LogP contribution in [0.1, 0.15) is 72.1 Å². The minimum Gasteiger partial charge on any atom is -0.374 e. The molecule has 1 rings (SSSR count). The molecule has 0 bridgehead atoms. The first-order valence-corrected chi connectivity index (χ1v) is 8.06. The molecule has 110 valence electrons. The maximum atomic E-state index is 6.28. The lowest BCUT2D eigenvalue weighted by Crippen LogP contribution is -2.52. The number of hydrogen-bond donors (Lipinski definition) is 1. The quantitative estimate of drug-likeness (QED) is 0.557. The maximum absolute atomic E-state index is 6.28. The van der Waals surface area contributed by atoms with Crippen LogP contribution in [-0.4, -0.2) is 24.8 Å². The summed E-state index contributed by atoms with van der Waals surface area (Å²) < 4.78 is 6.28. The van der Waals surface area contributed by atoms with E-state index in [1.54, 1.807) is 0 Å². The Morgan fingerprint density at radius 3 is 2.37 bits per heavy atom. The molecule has 0 amide bonds. The fraction of sp³-hybridized carbons (Fsp3) is 0.882. The van der Waals surface area contributed by atoms with Gasteiger partial charge in [-0.3, -0.25) is 0 Å². The molecule has 1 aliphatic carbocycles. The lowest BCUT2D eigenvalue weighted by Gasteiger charge is -2.40. The Bertz CT molecular complexity index is 281. The van der Waals surface area contributed by atoms with E-state index in [4.69, 9.17) is 4.74 Å². The zero-order chi connectivity index (χ0) is 14.0. The van der Waals surface area contributed by atoms with Crippen molar-refractivity contribution in [1.82, 2.24) is 5.32 Å². The molecular formula is C17H31NO. The third-order valence-electron chi connectivity index (χ3n) is 4.14. The van der Waals surface area contributed by atoms with Crippen molar-refractivity contribution in [2.45, 2.75) is 83.8 Å². The molecule has 1 aliphatic rings. The molecule has 1 fully saturated rings. The van der Waals surface area contributed by atoms with Gasteiger partial charge in [-0.2, -0.15) is 0 Å². The highest BCUT2D eigenvalue weighted by Crippen LogP contribution is 2.34. The van der Waals surface area contributed by atoms with Crippen LogP contribution in [0.3, 0.4) is 0 Å². The predicted octanol–water partition coefficient (Wildman–Crippen LogP) is 3.90. The van der Waals surface area contributed by atoms with Gasteiger partial charge in [0.25, 0.3) is 0 Å². The first-order valence-electron chi connectivity index (χ1n) is 8.06. The summed E-state index contributed by atoms with van der Waals surface area (Å²) in [5, 5.41) is 3.70. The van der Waals surface area contributed by atoms with Gasteiger partial charge in [-0.05, 0) is 39.7 Å². The van der Waals surface area contributed by atoms with Crippen molar-refractivity contribution < 1.29 is 4.74 Å². The SMILES string of the molecule is CC#CCC(NCCC)C1(OCC)CCCCCC1. The summed E-state index contributed by atoms with van der Waals surface area (Å²) in [6, 6.07) is 0.387. The van der Waals surface area contributed by atoms with Gasteiger partial charge in [0.15, 0.2) is 0 Å². The molecule has 0 aromatic heterocycles. The Labute approximate surface area is 119 Å². The number of nitrogens with one attached hydrogen (secondary N) is 1. The molecule has 1 atom stereocenters. The van der Waals surface area contributed by atoms with Crippen LogP contribution in [0, 0.1) is 11.8 Å². The van der Waals surface area contributed by atoms with E-state index in [-0.39, 0.29) is 5.60 Å². The highest BCUT2D eigenvalue weighted by molar-refractivity contribution is 5.05. The first-order chi connectivity index (χ1) is 9.29. The first kappa shape index (κ1) is 16.5. The molecule has 2 nitrogen and oxygen atoms in total. The Kier molecular flexibility index (Phi) is 8.18. The van der Waals surface area contributed by atoms with Crippen molar-refractivity contribution in [3.05, 3.63) is 0 Å². The summed E-state index contributed by atoms with van der Waals surface area (Å²) in [6.45, 7) is 8.14. The highest BCUT2D eigenvalue weighted by Gasteiger charge is 2.38. The van der Waals surface area contributed by atoms with Crippen LogP contribution >= 0.6 is 0 Å². The molecule has 0 spiro atoms. The fourth-order valence-electron chi connectivity index (χ4n) is 3.17. The second-order valence-corrected chi connectivity index (χ2v) is 5.55.